The van der Waals surface area contributed by atoms with Gasteiger partial charge in [0.1, 0.15) is 5.15 Å². The lowest BCUT2D eigenvalue weighted by Crippen LogP contribution is -2.56. The normalized spacial score (nSPS) is 21.9. The average molecular weight is 285 g/mol. The molecule has 1 aromatic rings. The summed E-state index contributed by atoms with van der Waals surface area (Å²) in [5, 5.41) is 8.67. The summed E-state index contributed by atoms with van der Waals surface area (Å²) in [6.45, 7) is 13.0. The van der Waals surface area contributed by atoms with E-state index in [0.717, 1.165) is 37.0 Å². The average Bonchev–Trinajstić information content (AvgIpc) is 2.55. The molecular weight excluding hydrogens is 260 g/mol. The van der Waals surface area contributed by atoms with Crippen molar-refractivity contribution in [2.75, 3.05) is 19.6 Å². The molecule has 1 unspecified atom stereocenters. The van der Waals surface area contributed by atoms with Crippen molar-refractivity contribution in [1.29, 1.82) is 0 Å². The predicted molar refractivity (Wildman–Crippen MR) is 79.5 cm³/mol. The monoisotopic (exact) mass is 284 g/mol. The Labute approximate surface area is 121 Å². The minimum absolute atomic E-state index is 0.260. The lowest BCUT2D eigenvalue weighted by atomic mass is 9.84. The molecule has 1 aliphatic rings. The summed E-state index contributed by atoms with van der Waals surface area (Å²) in [5.74, 6) is 0. The third-order valence-electron chi connectivity index (χ3n) is 3.98. The zero-order valence-electron chi connectivity index (χ0n) is 12.6. The molecular formula is C14H25ClN4. The Morgan fingerprint density at radius 1 is 1.42 bits per heavy atom. The molecule has 0 saturated carbocycles. The van der Waals surface area contributed by atoms with Gasteiger partial charge in [0.25, 0.3) is 0 Å². The molecule has 0 radical (unpaired) electrons. The molecule has 1 aromatic heterocycles. The lowest BCUT2D eigenvalue weighted by molar-refractivity contribution is 0.0687. The van der Waals surface area contributed by atoms with E-state index in [1.807, 2.05) is 14.0 Å². The molecule has 0 spiro atoms. The summed E-state index contributed by atoms with van der Waals surface area (Å²) in [6, 6.07) is 0.525. The molecule has 0 aromatic carbocycles. The number of aryl methyl sites for hydroxylation is 2. The molecule has 1 atom stereocenters. The molecule has 0 aliphatic carbocycles. The summed E-state index contributed by atoms with van der Waals surface area (Å²) in [7, 11) is 1.90. The highest BCUT2D eigenvalue weighted by Crippen LogP contribution is 2.29. The van der Waals surface area contributed by atoms with Gasteiger partial charge < -0.3 is 5.32 Å². The maximum atomic E-state index is 6.35. The highest BCUT2D eigenvalue weighted by atomic mass is 35.5. The number of hydrogen-bond donors (Lipinski definition) is 1. The van der Waals surface area contributed by atoms with E-state index in [9.17, 15) is 0 Å². The lowest BCUT2D eigenvalue weighted by Gasteiger charge is -2.43. The van der Waals surface area contributed by atoms with Crippen LogP contribution in [0.15, 0.2) is 0 Å². The van der Waals surface area contributed by atoms with Crippen LogP contribution in [0.25, 0.3) is 0 Å². The molecule has 4 nitrogen and oxygen atoms in total. The van der Waals surface area contributed by atoms with Gasteiger partial charge in [-0.15, -0.1) is 0 Å². The first-order chi connectivity index (χ1) is 8.80. The standard InChI is InChI=1S/C14H25ClN4/c1-10-11(13(15)18(5)17-10)9-19-7-6-16-8-12(19)14(2,3)4/h12,16H,6-9H2,1-5H3. The highest BCUT2D eigenvalue weighted by molar-refractivity contribution is 6.30. The minimum atomic E-state index is 0.260. The van der Waals surface area contributed by atoms with E-state index in [1.54, 1.807) is 4.68 Å². The molecule has 1 fully saturated rings. The number of rotatable bonds is 2. The van der Waals surface area contributed by atoms with Crippen molar-refractivity contribution in [1.82, 2.24) is 20.0 Å². The Bertz CT molecular complexity index is 447. The van der Waals surface area contributed by atoms with Crippen molar-refractivity contribution in [3.63, 3.8) is 0 Å². The molecule has 108 valence electrons. The SMILES string of the molecule is Cc1nn(C)c(Cl)c1CN1CCNCC1C(C)(C)C. The van der Waals surface area contributed by atoms with Gasteiger partial charge in [-0.25, -0.2) is 0 Å². The summed E-state index contributed by atoms with van der Waals surface area (Å²) < 4.78 is 1.76. The number of aromatic nitrogens is 2. The number of halogens is 1. The molecule has 1 N–H and O–H groups in total. The molecule has 0 amide bonds. The van der Waals surface area contributed by atoms with E-state index in [-0.39, 0.29) is 5.41 Å². The fourth-order valence-electron chi connectivity index (χ4n) is 2.85. The number of piperazine rings is 1. The molecule has 2 heterocycles. The van der Waals surface area contributed by atoms with Crippen LogP contribution in [0.1, 0.15) is 32.0 Å². The van der Waals surface area contributed by atoms with Crippen LogP contribution >= 0.6 is 11.6 Å². The first kappa shape index (κ1) is 14.8. The van der Waals surface area contributed by atoms with Crippen molar-refractivity contribution in [3.8, 4) is 0 Å². The van der Waals surface area contributed by atoms with Crippen LogP contribution in [0.4, 0.5) is 0 Å². The van der Waals surface area contributed by atoms with Crippen molar-refractivity contribution in [2.45, 2.75) is 40.3 Å². The maximum Gasteiger partial charge on any atom is 0.131 e. The van der Waals surface area contributed by atoms with E-state index < -0.39 is 0 Å². The topological polar surface area (TPSA) is 33.1 Å². The number of nitrogens with one attached hydrogen (secondary N) is 1. The van der Waals surface area contributed by atoms with Gasteiger partial charge in [0.15, 0.2) is 0 Å². The van der Waals surface area contributed by atoms with Gasteiger partial charge >= 0.3 is 0 Å². The van der Waals surface area contributed by atoms with Crippen molar-refractivity contribution in [3.05, 3.63) is 16.4 Å². The number of hydrogen-bond acceptors (Lipinski definition) is 3. The van der Waals surface area contributed by atoms with Crippen molar-refractivity contribution >= 4 is 11.6 Å². The van der Waals surface area contributed by atoms with Crippen LogP contribution in [-0.2, 0) is 13.6 Å². The van der Waals surface area contributed by atoms with Gasteiger partial charge in [-0.2, -0.15) is 5.10 Å². The summed E-state index contributed by atoms with van der Waals surface area (Å²) >= 11 is 6.35. The molecule has 0 bridgehead atoms. The van der Waals surface area contributed by atoms with Crippen LogP contribution in [0.3, 0.4) is 0 Å². The van der Waals surface area contributed by atoms with Crippen LogP contribution in [0.5, 0.6) is 0 Å². The van der Waals surface area contributed by atoms with E-state index in [2.05, 4.69) is 36.1 Å². The quantitative estimate of drug-likeness (QED) is 0.904. The van der Waals surface area contributed by atoms with Crippen molar-refractivity contribution < 1.29 is 0 Å². The van der Waals surface area contributed by atoms with Gasteiger partial charge in [-0.05, 0) is 12.3 Å². The second-order valence-corrected chi connectivity index (χ2v) is 6.89. The molecule has 1 saturated heterocycles. The Morgan fingerprint density at radius 3 is 2.63 bits per heavy atom. The van der Waals surface area contributed by atoms with Gasteiger partial charge in [-0.3, -0.25) is 9.58 Å². The Kier molecular flexibility index (Phi) is 4.23. The van der Waals surface area contributed by atoms with Gasteiger partial charge in [0, 0.05) is 44.8 Å². The fraction of sp³-hybridized carbons (Fsp3) is 0.786. The van der Waals surface area contributed by atoms with Crippen LogP contribution in [0.2, 0.25) is 5.15 Å². The third-order valence-corrected chi connectivity index (χ3v) is 4.46. The van der Waals surface area contributed by atoms with E-state index in [0.29, 0.717) is 6.04 Å². The number of nitrogens with zero attached hydrogens (tertiary/aromatic N) is 3. The summed E-state index contributed by atoms with van der Waals surface area (Å²) in [5.41, 5.74) is 2.47. The second-order valence-electron chi connectivity index (χ2n) is 6.53. The zero-order valence-corrected chi connectivity index (χ0v) is 13.4. The second kappa shape index (κ2) is 5.43. The van der Waals surface area contributed by atoms with Gasteiger partial charge in [0.05, 0.1) is 5.69 Å². The highest BCUT2D eigenvalue weighted by Gasteiger charge is 2.33. The largest absolute Gasteiger partial charge is 0.314 e. The Morgan fingerprint density at radius 2 is 2.11 bits per heavy atom. The first-order valence-corrected chi connectivity index (χ1v) is 7.31. The van der Waals surface area contributed by atoms with E-state index in [4.69, 9.17) is 11.6 Å². The molecule has 1 aliphatic heterocycles. The maximum absolute atomic E-state index is 6.35. The fourth-order valence-corrected chi connectivity index (χ4v) is 3.08. The van der Waals surface area contributed by atoms with Gasteiger partial charge in [-0.1, -0.05) is 32.4 Å². The first-order valence-electron chi connectivity index (χ1n) is 6.93. The Hall–Kier alpha value is -0.580. The molecule has 5 heteroatoms. The summed E-state index contributed by atoms with van der Waals surface area (Å²) in [6.07, 6.45) is 0. The van der Waals surface area contributed by atoms with E-state index >= 15 is 0 Å². The van der Waals surface area contributed by atoms with Crippen LogP contribution in [0, 0.1) is 12.3 Å². The summed E-state index contributed by atoms with van der Waals surface area (Å²) in [4.78, 5) is 2.53. The van der Waals surface area contributed by atoms with E-state index in [1.165, 1.54) is 5.56 Å². The molecule has 2 rings (SSSR count). The predicted octanol–water partition coefficient (Wildman–Crippen LogP) is 2.20. The minimum Gasteiger partial charge on any atom is -0.314 e. The van der Waals surface area contributed by atoms with Crippen molar-refractivity contribution in [2.24, 2.45) is 12.5 Å². The molecule has 19 heavy (non-hydrogen) atoms. The van der Waals surface area contributed by atoms with Gasteiger partial charge in [0.2, 0.25) is 0 Å². The van der Waals surface area contributed by atoms with Crippen LogP contribution in [-0.4, -0.2) is 40.4 Å². The zero-order chi connectivity index (χ0) is 14.2. The smallest absolute Gasteiger partial charge is 0.131 e. The Balaban J connectivity index is 2.20. The third kappa shape index (κ3) is 3.12. The van der Waals surface area contributed by atoms with Crippen LogP contribution < -0.4 is 5.32 Å².